The molecule has 11 atom stereocenters. The number of rotatable bonds is 6. The van der Waals surface area contributed by atoms with Crippen LogP contribution < -0.4 is 27.0 Å². The van der Waals surface area contributed by atoms with Gasteiger partial charge in [0.15, 0.2) is 5.78 Å². The molecule has 12 heteroatoms. The van der Waals surface area contributed by atoms with Gasteiger partial charge in [-0.25, -0.2) is 0 Å². The van der Waals surface area contributed by atoms with Gasteiger partial charge in [0.25, 0.3) is 0 Å². The zero-order valence-electron chi connectivity index (χ0n) is 23.2. The Kier molecular flexibility index (Phi) is 8.40. The molecule has 0 spiro atoms. The van der Waals surface area contributed by atoms with Gasteiger partial charge in [-0.05, 0) is 38.0 Å². The van der Waals surface area contributed by atoms with Gasteiger partial charge in [-0.15, -0.1) is 23.5 Å². The molecule has 10 nitrogen and oxygen atoms in total. The normalized spacial score (nSPS) is 45.7. The smallest absolute Gasteiger partial charge is 0.226 e. The summed E-state index contributed by atoms with van der Waals surface area (Å²) in [5.41, 5.74) is 4.42. The second-order valence-electron chi connectivity index (χ2n) is 12.7. The summed E-state index contributed by atoms with van der Waals surface area (Å²) in [7, 11) is 0. The van der Waals surface area contributed by atoms with E-state index in [0.29, 0.717) is 49.0 Å². The van der Waals surface area contributed by atoms with Crippen molar-refractivity contribution in [2.75, 3.05) is 39.5 Å². The molecule has 6 fully saturated rings. The largest absolute Gasteiger partial charge is 0.378 e. The quantitative estimate of drug-likeness (QED) is 0.283. The fourth-order valence-electron chi connectivity index (χ4n) is 7.96. The van der Waals surface area contributed by atoms with Gasteiger partial charge in [-0.1, -0.05) is 6.42 Å². The monoisotopic (exact) mass is 593 g/mol. The lowest BCUT2D eigenvalue weighted by molar-refractivity contribution is -0.431. The fraction of sp³-hybridized carbons (Fsp3) is 0.857. The van der Waals surface area contributed by atoms with Crippen LogP contribution in [0.2, 0.25) is 0 Å². The van der Waals surface area contributed by atoms with Gasteiger partial charge in [-0.2, -0.15) is 0 Å². The number of quaternary nitrogens is 1. The molecule has 6 aliphatic heterocycles. The number of nitrogens with zero attached hydrogens (tertiary/aromatic N) is 1. The summed E-state index contributed by atoms with van der Waals surface area (Å²) in [6.45, 7) is 4.54. The lowest BCUT2D eigenvalue weighted by atomic mass is 9.84. The van der Waals surface area contributed by atoms with Crippen LogP contribution in [0.1, 0.15) is 44.9 Å². The van der Waals surface area contributed by atoms with Crippen LogP contribution in [0.25, 0.3) is 0 Å². The second-order valence-corrected chi connectivity index (χ2v) is 15.3. The number of carbonyl (C=O) groups excluding carboxylic acids is 2. The predicted molar refractivity (Wildman–Crippen MR) is 155 cm³/mol. The minimum absolute atomic E-state index is 0.0356. The van der Waals surface area contributed by atoms with Crippen LogP contribution in [-0.4, -0.2) is 102 Å². The van der Waals surface area contributed by atoms with Crippen molar-refractivity contribution in [2.45, 2.75) is 91.3 Å². The first kappa shape index (κ1) is 27.9. The van der Waals surface area contributed by atoms with E-state index in [1.807, 2.05) is 23.5 Å². The van der Waals surface area contributed by atoms with Gasteiger partial charge in [0.1, 0.15) is 6.10 Å². The van der Waals surface area contributed by atoms with Crippen LogP contribution in [0.15, 0.2) is 11.1 Å². The molecule has 0 aromatic rings. The lowest BCUT2D eigenvalue weighted by Gasteiger charge is -2.42. The van der Waals surface area contributed by atoms with Crippen molar-refractivity contribution in [1.29, 1.82) is 0 Å². The molecule has 7 aliphatic rings. The van der Waals surface area contributed by atoms with Crippen molar-refractivity contribution in [3.63, 3.8) is 0 Å². The maximum absolute atomic E-state index is 13.0. The van der Waals surface area contributed by atoms with Crippen molar-refractivity contribution in [3.8, 4) is 0 Å². The molecular formula is C28H45N6O4S2+. The highest BCUT2D eigenvalue weighted by Crippen LogP contribution is 2.48. The Morgan fingerprint density at radius 1 is 1.07 bits per heavy atom. The SMILES string of the molecule is [NH3+][C@@H]1CCCC[C@@H]1NC1CC2CNC(=O)C2C(NC2CCC(C3COC4C(=O)C=C(N5CCOCC5)SC43)S2)N1. The van der Waals surface area contributed by atoms with Crippen LogP contribution >= 0.6 is 23.5 Å². The number of morpholine rings is 1. The van der Waals surface area contributed by atoms with Gasteiger partial charge >= 0.3 is 0 Å². The zero-order valence-corrected chi connectivity index (χ0v) is 24.9. The summed E-state index contributed by atoms with van der Waals surface area (Å²) in [5, 5.41) is 16.7. The minimum Gasteiger partial charge on any atom is -0.378 e. The van der Waals surface area contributed by atoms with Crippen LogP contribution in [-0.2, 0) is 19.1 Å². The Balaban J connectivity index is 0.985. The third kappa shape index (κ3) is 5.59. The molecule has 1 saturated carbocycles. The molecule has 222 valence electrons. The van der Waals surface area contributed by atoms with Gasteiger partial charge in [-0.3, -0.25) is 25.5 Å². The molecule has 5 saturated heterocycles. The number of piperidine rings is 1. The van der Waals surface area contributed by atoms with Crippen LogP contribution in [0, 0.1) is 17.8 Å². The Labute approximate surface area is 245 Å². The molecule has 1 aliphatic carbocycles. The second kappa shape index (κ2) is 12.0. The Bertz CT molecular complexity index is 998. The van der Waals surface area contributed by atoms with E-state index >= 15 is 0 Å². The standard InChI is InChI=1S/C28H44N6O4S2/c29-17-3-1-2-4-18(17)31-21-11-15-13-30-28(36)24(15)27(32-21)33-22-6-5-20(39-22)16-14-38-25-19(35)12-23(40-26(16)25)34-7-9-37-10-8-34/h12,15-18,20-22,24-27,31-33H,1-11,13-14,29H2,(H,30,36)/p+1/t15?,16?,17-,18+,20?,21?,22?,24?,25?,26?,27?/m1/s1. The molecule has 0 bridgehead atoms. The lowest BCUT2D eigenvalue weighted by Crippen LogP contribution is -2.73. The van der Waals surface area contributed by atoms with E-state index in [1.165, 1.54) is 25.7 Å². The van der Waals surface area contributed by atoms with E-state index < -0.39 is 0 Å². The highest BCUT2D eigenvalue weighted by molar-refractivity contribution is 8.04. The van der Waals surface area contributed by atoms with Gasteiger partial charge < -0.3 is 25.4 Å². The number of hydrogen-bond donors (Lipinski definition) is 5. The summed E-state index contributed by atoms with van der Waals surface area (Å²) < 4.78 is 11.6. The number of ketones is 1. The summed E-state index contributed by atoms with van der Waals surface area (Å²) in [5.74, 6) is 0.948. The molecular weight excluding hydrogens is 548 g/mol. The van der Waals surface area contributed by atoms with E-state index in [4.69, 9.17) is 9.47 Å². The average Bonchev–Trinajstić information content (AvgIpc) is 3.69. The van der Waals surface area contributed by atoms with E-state index in [9.17, 15) is 9.59 Å². The maximum Gasteiger partial charge on any atom is 0.226 e. The molecule has 7 rings (SSSR count). The molecule has 1 amide bonds. The number of nitrogens with one attached hydrogen (secondary N) is 4. The topological polar surface area (TPSA) is 132 Å². The first-order valence-electron chi connectivity index (χ1n) is 15.4. The number of ether oxygens (including phenoxy) is 2. The van der Waals surface area contributed by atoms with Gasteiger partial charge in [0.05, 0.1) is 65.8 Å². The molecule has 6 heterocycles. The first-order chi connectivity index (χ1) is 19.5. The molecule has 40 heavy (non-hydrogen) atoms. The van der Waals surface area contributed by atoms with Crippen molar-refractivity contribution in [1.82, 2.24) is 26.2 Å². The van der Waals surface area contributed by atoms with Crippen LogP contribution in [0.4, 0.5) is 0 Å². The van der Waals surface area contributed by atoms with Crippen molar-refractivity contribution >= 4 is 35.2 Å². The maximum atomic E-state index is 13.0. The third-order valence-corrected chi connectivity index (χ3v) is 13.3. The van der Waals surface area contributed by atoms with E-state index in [0.717, 1.165) is 43.9 Å². The Hall–Kier alpha value is -0.860. The van der Waals surface area contributed by atoms with Crippen molar-refractivity contribution < 1.29 is 24.8 Å². The number of hydrogen-bond acceptors (Lipinski definition) is 10. The highest BCUT2D eigenvalue weighted by atomic mass is 32.2. The number of carbonyl (C=O) groups is 2. The van der Waals surface area contributed by atoms with E-state index in [1.54, 1.807) is 6.08 Å². The number of amides is 1. The van der Waals surface area contributed by atoms with E-state index in [2.05, 4.69) is 31.9 Å². The van der Waals surface area contributed by atoms with Crippen LogP contribution in [0.3, 0.4) is 0 Å². The average molecular weight is 594 g/mol. The number of thioether (sulfide) groups is 2. The van der Waals surface area contributed by atoms with Gasteiger partial charge in [0.2, 0.25) is 5.91 Å². The van der Waals surface area contributed by atoms with Crippen LogP contribution in [0.5, 0.6) is 0 Å². The molecule has 0 radical (unpaired) electrons. The summed E-state index contributed by atoms with van der Waals surface area (Å²) in [4.78, 5) is 28.2. The summed E-state index contributed by atoms with van der Waals surface area (Å²) in [6, 6.07) is 0.899. The molecule has 7 N–H and O–H groups in total. The highest BCUT2D eigenvalue weighted by Gasteiger charge is 2.51. The number of fused-ring (bicyclic) bond motifs is 2. The third-order valence-electron chi connectivity index (χ3n) is 10.2. The Morgan fingerprint density at radius 3 is 2.77 bits per heavy atom. The molecule has 0 aromatic carbocycles. The molecule has 0 aromatic heterocycles. The summed E-state index contributed by atoms with van der Waals surface area (Å²) in [6.07, 6.45) is 9.69. The van der Waals surface area contributed by atoms with E-state index in [-0.39, 0.29) is 46.7 Å². The summed E-state index contributed by atoms with van der Waals surface area (Å²) >= 11 is 3.84. The fourth-order valence-corrected chi connectivity index (χ4v) is 11.3. The van der Waals surface area contributed by atoms with Crippen molar-refractivity contribution in [3.05, 3.63) is 11.1 Å². The van der Waals surface area contributed by atoms with Crippen molar-refractivity contribution in [2.24, 2.45) is 17.8 Å². The first-order valence-corrected chi connectivity index (χ1v) is 17.3. The zero-order chi connectivity index (χ0) is 27.2. The van der Waals surface area contributed by atoms with Gasteiger partial charge in [0, 0.05) is 43.3 Å². The predicted octanol–water partition coefficient (Wildman–Crippen LogP) is -0.179. The minimum atomic E-state index is -0.321. The Morgan fingerprint density at radius 2 is 1.93 bits per heavy atom. The molecule has 9 unspecified atom stereocenters.